The molecule has 0 unspecified atom stereocenters. The first-order valence-corrected chi connectivity index (χ1v) is 14.2. The van der Waals surface area contributed by atoms with Crippen molar-refractivity contribution in [1.29, 1.82) is 0 Å². The zero-order valence-corrected chi connectivity index (χ0v) is 22.3. The third kappa shape index (κ3) is 14.8. The molecule has 6 atom stereocenters. The molecule has 0 aliphatic carbocycles. The van der Waals surface area contributed by atoms with Crippen molar-refractivity contribution >= 4 is 5.97 Å². The molecule has 1 aliphatic heterocycles. The van der Waals surface area contributed by atoms with E-state index in [1.54, 1.807) is 0 Å². The van der Waals surface area contributed by atoms with Crippen LogP contribution in [0.3, 0.4) is 0 Å². The van der Waals surface area contributed by atoms with Crippen LogP contribution in [0.2, 0.25) is 0 Å². The molecule has 0 saturated carbocycles. The molecule has 0 aromatic heterocycles. The topological polar surface area (TPSA) is 146 Å². The van der Waals surface area contributed by atoms with Gasteiger partial charge in [-0.2, -0.15) is 0 Å². The Morgan fingerprint density at radius 1 is 0.750 bits per heavy atom. The molecule has 1 rings (SSSR count). The first kappa shape index (κ1) is 33.2. The van der Waals surface area contributed by atoms with E-state index in [0.29, 0.717) is 6.42 Å². The summed E-state index contributed by atoms with van der Waals surface area (Å²) in [4.78, 5) is 11.9. The molecule has 5 N–H and O–H groups in total. The van der Waals surface area contributed by atoms with Crippen LogP contribution in [-0.4, -0.2) is 88.1 Å². The minimum atomic E-state index is -1.55. The fraction of sp³-hybridized carbons (Fsp3) is 0.963. The fourth-order valence-corrected chi connectivity index (χ4v) is 4.36. The highest BCUT2D eigenvalue weighted by Gasteiger charge is 2.44. The summed E-state index contributed by atoms with van der Waals surface area (Å²) in [6.45, 7) is 1.12. The Labute approximate surface area is 217 Å². The third-order valence-electron chi connectivity index (χ3n) is 6.72. The number of unbranched alkanes of at least 4 members (excludes halogenated alkanes) is 14. The number of carbonyl (C=O) groups is 1. The summed E-state index contributed by atoms with van der Waals surface area (Å²) in [5.41, 5.74) is 0. The molecule has 1 saturated heterocycles. The largest absolute Gasteiger partial charge is 0.463 e. The van der Waals surface area contributed by atoms with Gasteiger partial charge in [0.15, 0.2) is 6.29 Å². The lowest BCUT2D eigenvalue weighted by molar-refractivity contribution is -0.305. The van der Waals surface area contributed by atoms with Crippen molar-refractivity contribution in [1.82, 2.24) is 0 Å². The summed E-state index contributed by atoms with van der Waals surface area (Å²) < 4.78 is 15.5. The molecule has 214 valence electrons. The standard InChI is InChI=1S/C27H52O9/c1-2-3-4-5-6-7-8-9-10-11-12-13-14-15-16-17-23(30)34-19-21(29)20-35-27-26(33)25(32)24(31)22(18-28)36-27/h21-22,24-29,31-33H,2-20H2,1H3/t21-,22-,24+,25+,26-,27+/m1/s1. The number of aliphatic hydroxyl groups is 5. The SMILES string of the molecule is CCCCCCCCCCCCCCCCCC(=O)OC[C@@H](O)CO[C@H]1O[C@H](CO)[C@H](O)[C@H](O)[C@H]1O. The van der Waals surface area contributed by atoms with E-state index >= 15 is 0 Å². The van der Waals surface area contributed by atoms with Gasteiger partial charge >= 0.3 is 5.97 Å². The Morgan fingerprint density at radius 2 is 1.25 bits per heavy atom. The van der Waals surface area contributed by atoms with Crippen LogP contribution in [0.15, 0.2) is 0 Å². The van der Waals surface area contributed by atoms with E-state index in [2.05, 4.69) is 6.92 Å². The summed E-state index contributed by atoms with van der Waals surface area (Å²) in [6.07, 6.45) is 11.0. The van der Waals surface area contributed by atoms with Crippen LogP contribution in [-0.2, 0) is 19.0 Å². The normalized spacial score (nSPS) is 25.1. The highest BCUT2D eigenvalue weighted by atomic mass is 16.7. The van der Waals surface area contributed by atoms with Gasteiger partial charge in [-0.15, -0.1) is 0 Å². The fourth-order valence-electron chi connectivity index (χ4n) is 4.36. The quantitative estimate of drug-likeness (QED) is 0.107. The first-order chi connectivity index (χ1) is 17.4. The average molecular weight is 521 g/mol. The minimum absolute atomic E-state index is 0.255. The smallest absolute Gasteiger partial charge is 0.305 e. The molecule has 1 heterocycles. The molecular formula is C27H52O9. The third-order valence-corrected chi connectivity index (χ3v) is 6.72. The van der Waals surface area contributed by atoms with Crippen molar-refractivity contribution in [3.05, 3.63) is 0 Å². The molecule has 1 fully saturated rings. The number of carbonyl (C=O) groups excluding carboxylic acids is 1. The molecule has 0 radical (unpaired) electrons. The van der Waals surface area contributed by atoms with Gasteiger partial charge in [0.1, 0.15) is 37.1 Å². The van der Waals surface area contributed by atoms with Crippen LogP contribution in [0.5, 0.6) is 0 Å². The lowest BCUT2D eigenvalue weighted by Crippen LogP contribution is -2.59. The lowest BCUT2D eigenvalue weighted by atomic mass is 9.99. The predicted molar refractivity (Wildman–Crippen MR) is 136 cm³/mol. The Bertz CT molecular complexity index is 531. The van der Waals surface area contributed by atoms with Gasteiger partial charge in [0.2, 0.25) is 0 Å². The van der Waals surface area contributed by atoms with E-state index in [4.69, 9.17) is 14.2 Å². The van der Waals surface area contributed by atoms with E-state index in [1.807, 2.05) is 0 Å². The minimum Gasteiger partial charge on any atom is -0.463 e. The van der Waals surface area contributed by atoms with Gasteiger partial charge < -0.3 is 39.7 Å². The molecule has 36 heavy (non-hydrogen) atoms. The number of esters is 1. The van der Waals surface area contributed by atoms with Gasteiger partial charge in [-0.1, -0.05) is 96.8 Å². The van der Waals surface area contributed by atoms with Crippen molar-refractivity contribution < 1.29 is 44.5 Å². The monoisotopic (exact) mass is 520 g/mol. The lowest BCUT2D eigenvalue weighted by Gasteiger charge is -2.39. The van der Waals surface area contributed by atoms with Gasteiger partial charge in [0.05, 0.1) is 13.2 Å². The van der Waals surface area contributed by atoms with Crippen LogP contribution in [0.1, 0.15) is 110 Å². The van der Waals surface area contributed by atoms with Gasteiger partial charge in [0, 0.05) is 6.42 Å². The van der Waals surface area contributed by atoms with Crippen LogP contribution in [0, 0.1) is 0 Å². The van der Waals surface area contributed by atoms with Crippen LogP contribution in [0.4, 0.5) is 0 Å². The summed E-state index contributed by atoms with van der Waals surface area (Å²) in [5.74, 6) is -0.378. The van der Waals surface area contributed by atoms with Crippen molar-refractivity contribution in [3.63, 3.8) is 0 Å². The highest BCUT2D eigenvalue weighted by molar-refractivity contribution is 5.69. The second-order valence-electron chi connectivity index (χ2n) is 10.1. The van der Waals surface area contributed by atoms with Gasteiger partial charge in [-0.25, -0.2) is 0 Å². The maximum Gasteiger partial charge on any atom is 0.305 e. The number of rotatable bonds is 22. The molecule has 0 aromatic rings. The highest BCUT2D eigenvalue weighted by Crippen LogP contribution is 2.22. The molecule has 1 aliphatic rings. The van der Waals surface area contributed by atoms with Crippen molar-refractivity contribution in [3.8, 4) is 0 Å². The Hall–Kier alpha value is -0.810. The number of ether oxygens (including phenoxy) is 3. The van der Waals surface area contributed by atoms with Crippen molar-refractivity contribution in [2.24, 2.45) is 0 Å². The van der Waals surface area contributed by atoms with Gasteiger partial charge in [-0.3, -0.25) is 4.79 Å². The molecule has 0 amide bonds. The number of aliphatic hydroxyl groups excluding tert-OH is 5. The Balaban J connectivity index is 1.94. The Morgan fingerprint density at radius 3 is 1.75 bits per heavy atom. The second kappa shape index (κ2) is 21.2. The zero-order valence-electron chi connectivity index (χ0n) is 22.3. The van der Waals surface area contributed by atoms with E-state index in [-0.39, 0.29) is 19.2 Å². The molecule has 9 heteroatoms. The summed E-state index contributed by atoms with van der Waals surface area (Å²) in [5, 5.41) is 48.5. The molecule has 0 aromatic carbocycles. The maximum absolute atomic E-state index is 11.9. The predicted octanol–water partition coefficient (Wildman–Crippen LogP) is 2.97. The first-order valence-electron chi connectivity index (χ1n) is 14.2. The van der Waals surface area contributed by atoms with E-state index < -0.39 is 43.4 Å². The average Bonchev–Trinajstić information content (AvgIpc) is 2.88. The second-order valence-corrected chi connectivity index (χ2v) is 10.1. The van der Waals surface area contributed by atoms with Gasteiger partial charge in [0.25, 0.3) is 0 Å². The molecular weight excluding hydrogens is 468 g/mol. The van der Waals surface area contributed by atoms with E-state index in [9.17, 15) is 30.3 Å². The van der Waals surface area contributed by atoms with Crippen LogP contribution >= 0.6 is 0 Å². The summed E-state index contributed by atoms with van der Waals surface area (Å²) in [6, 6.07) is 0. The van der Waals surface area contributed by atoms with Gasteiger partial charge in [-0.05, 0) is 6.42 Å². The number of hydrogen-bond acceptors (Lipinski definition) is 9. The summed E-state index contributed by atoms with van der Waals surface area (Å²) >= 11 is 0. The van der Waals surface area contributed by atoms with Crippen LogP contribution < -0.4 is 0 Å². The number of hydrogen-bond donors (Lipinski definition) is 5. The van der Waals surface area contributed by atoms with Crippen molar-refractivity contribution in [2.75, 3.05) is 19.8 Å². The maximum atomic E-state index is 11.9. The van der Waals surface area contributed by atoms with E-state index in [1.165, 1.54) is 77.0 Å². The molecule has 9 nitrogen and oxygen atoms in total. The Kier molecular flexibility index (Phi) is 19.5. The summed E-state index contributed by atoms with van der Waals surface area (Å²) in [7, 11) is 0. The molecule has 0 bridgehead atoms. The van der Waals surface area contributed by atoms with E-state index in [0.717, 1.165) is 19.3 Å². The zero-order chi connectivity index (χ0) is 26.6. The van der Waals surface area contributed by atoms with Crippen LogP contribution in [0.25, 0.3) is 0 Å². The van der Waals surface area contributed by atoms with Crippen molar-refractivity contribution in [2.45, 2.75) is 146 Å². The molecule has 0 spiro atoms.